The fraction of sp³-hybridized carbons (Fsp3) is 0. The normalized spacial score (nSPS) is 11.9. The summed E-state index contributed by atoms with van der Waals surface area (Å²) in [6.07, 6.45) is 1.95. The molecule has 61 heavy (non-hydrogen) atoms. The molecule has 0 saturated heterocycles. The van der Waals surface area contributed by atoms with Crippen LogP contribution in [0, 0.1) is 0 Å². The van der Waals surface area contributed by atoms with Crippen LogP contribution in [-0.4, -0.2) is 9.97 Å². The molecule has 0 radical (unpaired) electrons. The third kappa shape index (κ3) is 5.11. The molecule has 11 aromatic carbocycles. The highest BCUT2D eigenvalue weighted by molar-refractivity contribution is 6.23. The highest BCUT2D eigenvalue weighted by atomic mass is 16.3. The molecular formula is C58H34N2O. The molecule has 13 rings (SSSR count). The van der Waals surface area contributed by atoms with Gasteiger partial charge in [0.1, 0.15) is 11.2 Å². The molecule has 0 aliphatic heterocycles. The first-order chi connectivity index (χ1) is 30.3. The Balaban J connectivity index is 0.953. The lowest BCUT2D eigenvalue weighted by Crippen LogP contribution is -1.93. The lowest BCUT2D eigenvalue weighted by atomic mass is 9.88. The van der Waals surface area contributed by atoms with E-state index in [1.165, 1.54) is 71.1 Å². The molecule has 0 fully saturated rings. The van der Waals surface area contributed by atoms with Gasteiger partial charge in [-0.05, 0) is 94.7 Å². The Kier molecular flexibility index (Phi) is 7.31. The third-order valence-electron chi connectivity index (χ3n) is 12.7. The van der Waals surface area contributed by atoms with Gasteiger partial charge in [0, 0.05) is 27.1 Å². The summed E-state index contributed by atoms with van der Waals surface area (Å²) < 4.78 is 6.17. The molecule has 0 saturated carbocycles. The Morgan fingerprint density at radius 2 is 0.689 bits per heavy atom. The minimum atomic E-state index is 0.865. The fourth-order valence-electron chi connectivity index (χ4n) is 9.99. The number of benzene rings is 11. The Labute approximate surface area is 350 Å². The van der Waals surface area contributed by atoms with Crippen LogP contribution in [0.2, 0.25) is 0 Å². The summed E-state index contributed by atoms with van der Waals surface area (Å²) in [6, 6.07) is 72.0. The summed E-state index contributed by atoms with van der Waals surface area (Å²) in [7, 11) is 0. The molecule has 0 aliphatic rings. The van der Waals surface area contributed by atoms with Gasteiger partial charge in [0.05, 0.1) is 22.9 Å². The second-order valence-electron chi connectivity index (χ2n) is 16.0. The van der Waals surface area contributed by atoms with Crippen molar-refractivity contribution >= 4 is 86.8 Å². The smallest absolute Gasteiger partial charge is 0.135 e. The SMILES string of the molecule is c1ccc2c(c1)oc1ccc(-c3cccc4c(-c5cccc6c(-c7cccc8c(-c9cnc%10c%11ccccc%11c%11ccccc%11c%10n9)cccc78)cccc56)cccc34)cc12. The van der Waals surface area contributed by atoms with Crippen LogP contribution in [0.5, 0.6) is 0 Å². The molecular weight excluding hydrogens is 741 g/mol. The summed E-state index contributed by atoms with van der Waals surface area (Å²) in [5, 5.41) is 14.1. The molecule has 282 valence electrons. The molecule has 2 heterocycles. The largest absolute Gasteiger partial charge is 0.456 e. The molecule has 0 unspecified atom stereocenters. The molecule has 0 N–H and O–H groups in total. The average Bonchev–Trinajstić information content (AvgIpc) is 3.71. The second-order valence-corrected chi connectivity index (χ2v) is 16.0. The van der Waals surface area contributed by atoms with E-state index in [2.05, 4.69) is 188 Å². The number of rotatable bonds is 4. The molecule has 13 aromatic rings. The maximum atomic E-state index is 6.17. The van der Waals surface area contributed by atoms with Crippen molar-refractivity contribution in [2.24, 2.45) is 0 Å². The van der Waals surface area contributed by atoms with Crippen molar-refractivity contribution in [3.05, 3.63) is 206 Å². The monoisotopic (exact) mass is 774 g/mol. The van der Waals surface area contributed by atoms with Gasteiger partial charge in [0.25, 0.3) is 0 Å². The third-order valence-corrected chi connectivity index (χ3v) is 12.7. The fourth-order valence-corrected chi connectivity index (χ4v) is 9.99. The number of fused-ring (bicyclic) bond motifs is 12. The van der Waals surface area contributed by atoms with Crippen molar-refractivity contribution in [1.82, 2.24) is 9.97 Å². The van der Waals surface area contributed by atoms with E-state index in [0.717, 1.165) is 60.4 Å². The van der Waals surface area contributed by atoms with Gasteiger partial charge in [0.2, 0.25) is 0 Å². The summed E-state index contributed by atoms with van der Waals surface area (Å²) >= 11 is 0. The van der Waals surface area contributed by atoms with E-state index in [9.17, 15) is 0 Å². The van der Waals surface area contributed by atoms with Crippen LogP contribution >= 0.6 is 0 Å². The number of aromatic nitrogens is 2. The molecule has 3 nitrogen and oxygen atoms in total. The Morgan fingerprint density at radius 1 is 0.279 bits per heavy atom. The van der Waals surface area contributed by atoms with Crippen molar-refractivity contribution in [3.8, 4) is 44.6 Å². The van der Waals surface area contributed by atoms with Gasteiger partial charge in [-0.1, -0.05) is 182 Å². The van der Waals surface area contributed by atoms with Crippen LogP contribution in [0.25, 0.3) is 131 Å². The number of furan rings is 1. The van der Waals surface area contributed by atoms with Gasteiger partial charge >= 0.3 is 0 Å². The molecule has 3 heteroatoms. The van der Waals surface area contributed by atoms with Gasteiger partial charge in [0.15, 0.2) is 0 Å². The van der Waals surface area contributed by atoms with E-state index in [4.69, 9.17) is 14.4 Å². The quantitative estimate of drug-likeness (QED) is 0.167. The van der Waals surface area contributed by atoms with Crippen LogP contribution in [0.15, 0.2) is 211 Å². The predicted molar refractivity (Wildman–Crippen MR) is 256 cm³/mol. The van der Waals surface area contributed by atoms with Gasteiger partial charge in [-0.2, -0.15) is 0 Å². The van der Waals surface area contributed by atoms with Gasteiger partial charge in [-0.3, -0.25) is 4.98 Å². The molecule has 0 bridgehead atoms. The Morgan fingerprint density at radius 3 is 1.26 bits per heavy atom. The maximum absolute atomic E-state index is 6.17. The zero-order valence-corrected chi connectivity index (χ0v) is 32.9. The van der Waals surface area contributed by atoms with E-state index >= 15 is 0 Å². The Hall–Kier alpha value is -8.14. The first-order valence-electron chi connectivity index (χ1n) is 20.8. The molecule has 0 aliphatic carbocycles. The first kappa shape index (κ1) is 33.8. The summed E-state index contributed by atoms with van der Waals surface area (Å²) in [6.45, 7) is 0. The van der Waals surface area contributed by atoms with E-state index in [1.807, 2.05) is 18.3 Å². The second kappa shape index (κ2) is 13.2. The predicted octanol–water partition coefficient (Wildman–Crippen LogP) is 16.0. The average molecular weight is 775 g/mol. The minimum absolute atomic E-state index is 0.865. The lowest BCUT2D eigenvalue weighted by Gasteiger charge is -2.16. The van der Waals surface area contributed by atoms with Crippen molar-refractivity contribution in [2.75, 3.05) is 0 Å². The molecule has 2 aromatic heterocycles. The van der Waals surface area contributed by atoms with Gasteiger partial charge in [-0.25, -0.2) is 4.98 Å². The van der Waals surface area contributed by atoms with E-state index < -0.39 is 0 Å². The minimum Gasteiger partial charge on any atom is -0.456 e. The van der Waals surface area contributed by atoms with Crippen LogP contribution in [-0.2, 0) is 0 Å². The summed E-state index contributed by atoms with van der Waals surface area (Å²) in [5.74, 6) is 0. The standard InChI is InChI=1S/C58H34N2O/c1-3-16-51-47(13-1)48-14-2-4-17-52(48)58-57(51)59-34-54(60-58)49-29-12-27-45-44(26-11-28-46(45)49)43-25-10-23-41-40(22-9-24-42(41)43)39-21-8-19-37-36(18-7-20-38(37)39)35-31-32-56-53(33-35)50-15-5-6-30-55(50)61-56/h1-34H. The van der Waals surface area contributed by atoms with Crippen molar-refractivity contribution in [1.29, 1.82) is 0 Å². The van der Waals surface area contributed by atoms with Gasteiger partial charge < -0.3 is 4.42 Å². The Bertz CT molecular complexity index is 3920. The first-order valence-corrected chi connectivity index (χ1v) is 20.8. The van der Waals surface area contributed by atoms with Crippen molar-refractivity contribution < 1.29 is 4.42 Å². The van der Waals surface area contributed by atoms with E-state index in [1.54, 1.807) is 0 Å². The van der Waals surface area contributed by atoms with Crippen LogP contribution in [0.1, 0.15) is 0 Å². The number of hydrogen-bond donors (Lipinski definition) is 0. The van der Waals surface area contributed by atoms with E-state index in [-0.39, 0.29) is 0 Å². The van der Waals surface area contributed by atoms with Crippen LogP contribution in [0.3, 0.4) is 0 Å². The van der Waals surface area contributed by atoms with Crippen LogP contribution in [0.4, 0.5) is 0 Å². The lowest BCUT2D eigenvalue weighted by molar-refractivity contribution is 0.669. The van der Waals surface area contributed by atoms with Gasteiger partial charge in [-0.15, -0.1) is 0 Å². The number of para-hydroxylation sites is 1. The molecule has 0 amide bonds. The van der Waals surface area contributed by atoms with Crippen LogP contribution < -0.4 is 0 Å². The zero-order chi connectivity index (χ0) is 40.0. The highest BCUT2D eigenvalue weighted by Gasteiger charge is 2.18. The zero-order valence-electron chi connectivity index (χ0n) is 32.9. The number of nitrogens with zero attached hydrogens (tertiary/aromatic N) is 2. The summed E-state index contributed by atoms with van der Waals surface area (Å²) in [5.41, 5.74) is 12.8. The highest BCUT2D eigenvalue weighted by Crippen LogP contribution is 2.43. The number of hydrogen-bond acceptors (Lipinski definition) is 3. The molecule has 0 atom stereocenters. The maximum Gasteiger partial charge on any atom is 0.135 e. The molecule has 0 spiro atoms. The topological polar surface area (TPSA) is 38.9 Å². The van der Waals surface area contributed by atoms with E-state index in [0.29, 0.717) is 0 Å². The summed E-state index contributed by atoms with van der Waals surface area (Å²) in [4.78, 5) is 10.5. The van der Waals surface area contributed by atoms with Crippen molar-refractivity contribution in [2.45, 2.75) is 0 Å². The van der Waals surface area contributed by atoms with Crippen molar-refractivity contribution in [3.63, 3.8) is 0 Å².